The maximum absolute atomic E-state index is 13.2. The zero-order valence-corrected chi connectivity index (χ0v) is 19.1. The van der Waals surface area contributed by atoms with E-state index < -0.39 is 0 Å². The van der Waals surface area contributed by atoms with Crippen LogP contribution in [0.25, 0.3) is 32.9 Å². The monoisotopic (exact) mass is 425 g/mol. The van der Waals surface area contributed by atoms with Gasteiger partial charge in [-0.15, -0.1) is 0 Å². The number of carbonyl (C=O) groups is 2. The highest BCUT2D eigenvalue weighted by atomic mass is 16.1. The van der Waals surface area contributed by atoms with Crippen LogP contribution in [0, 0.1) is 5.92 Å². The third-order valence-electron chi connectivity index (χ3n) is 7.28. The average Bonchev–Trinajstić information content (AvgIpc) is 3.42. The third-order valence-corrected chi connectivity index (χ3v) is 7.28. The van der Waals surface area contributed by atoms with E-state index in [1.54, 1.807) is 6.92 Å². The largest absolute Gasteiger partial charge is 0.340 e. The Kier molecular flexibility index (Phi) is 4.04. The predicted molar refractivity (Wildman–Crippen MR) is 127 cm³/mol. The van der Waals surface area contributed by atoms with E-state index in [4.69, 9.17) is 0 Å². The summed E-state index contributed by atoms with van der Waals surface area (Å²) in [6.07, 6.45) is 5.07. The summed E-state index contributed by atoms with van der Waals surface area (Å²) < 4.78 is 4.40. The number of aryl methyl sites for hydroxylation is 3. The van der Waals surface area contributed by atoms with E-state index in [9.17, 15) is 9.59 Å². The molecule has 0 amide bonds. The first-order chi connectivity index (χ1) is 15.4. The number of carbonyl (C=O) groups excluding carboxylic acids is 2. The Bertz CT molecular complexity index is 1480. The Morgan fingerprint density at radius 1 is 1.09 bits per heavy atom. The molecule has 32 heavy (non-hydrogen) atoms. The maximum Gasteiger partial charge on any atom is 0.164 e. The average molecular weight is 426 g/mol. The fourth-order valence-corrected chi connectivity index (χ4v) is 5.97. The normalized spacial score (nSPS) is 15.0. The molecule has 2 aromatic carbocycles. The molecule has 0 radical (unpaired) electrons. The minimum atomic E-state index is 0.0716. The number of fused-ring (bicyclic) bond motifs is 10. The molecule has 0 N–H and O–H groups in total. The van der Waals surface area contributed by atoms with Gasteiger partial charge in [-0.25, -0.2) is 0 Å². The lowest BCUT2D eigenvalue weighted by Gasteiger charge is -2.23. The van der Waals surface area contributed by atoms with Crippen LogP contribution in [0.1, 0.15) is 64.7 Å². The molecule has 0 saturated heterocycles. The molecule has 0 spiro atoms. The molecule has 0 atom stereocenters. The Labute approximate surface area is 187 Å². The van der Waals surface area contributed by atoms with Crippen molar-refractivity contribution in [2.45, 2.75) is 53.0 Å². The zero-order chi connectivity index (χ0) is 22.3. The molecule has 0 fully saturated rings. The number of hydrogen-bond donors (Lipinski definition) is 0. The van der Waals surface area contributed by atoms with Gasteiger partial charge >= 0.3 is 0 Å². The molecular formula is C27H27N3O2. The van der Waals surface area contributed by atoms with Crippen molar-refractivity contribution in [3.05, 3.63) is 52.3 Å². The molecule has 0 aliphatic heterocycles. The molecule has 162 valence electrons. The van der Waals surface area contributed by atoms with Crippen LogP contribution in [0.15, 0.2) is 24.4 Å². The minimum absolute atomic E-state index is 0.0716. The summed E-state index contributed by atoms with van der Waals surface area (Å²) in [6.45, 7) is 7.00. The Morgan fingerprint density at radius 2 is 1.88 bits per heavy atom. The minimum Gasteiger partial charge on any atom is -0.340 e. The van der Waals surface area contributed by atoms with Crippen molar-refractivity contribution in [2.24, 2.45) is 13.0 Å². The molecule has 5 nitrogen and oxygen atoms in total. The molecule has 0 saturated carbocycles. The smallest absolute Gasteiger partial charge is 0.164 e. The van der Waals surface area contributed by atoms with Crippen LogP contribution in [0.4, 0.5) is 0 Å². The van der Waals surface area contributed by atoms with Crippen molar-refractivity contribution in [3.63, 3.8) is 0 Å². The summed E-state index contributed by atoms with van der Waals surface area (Å²) in [4.78, 5) is 25.4. The summed E-state index contributed by atoms with van der Waals surface area (Å²) in [5.41, 5.74) is 9.92. The second kappa shape index (κ2) is 6.64. The van der Waals surface area contributed by atoms with E-state index in [1.807, 2.05) is 30.1 Å². The molecular weight excluding hydrogens is 398 g/mol. The predicted octanol–water partition coefficient (Wildman–Crippen LogP) is 5.28. The van der Waals surface area contributed by atoms with Crippen LogP contribution in [0.5, 0.6) is 0 Å². The number of benzene rings is 2. The first kappa shape index (κ1) is 19.5. The van der Waals surface area contributed by atoms with Gasteiger partial charge in [-0.1, -0.05) is 13.8 Å². The van der Waals surface area contributed by atoms with Crippen LogP contribution in [0.3, 0.4) is 0 Å². The van der Waals surface area contributed by atoms with Crippen molar-refractivity contribution in [3.8, 4) is 11.1 Å². The van der Waals surface area contributed by atoms with E-state index in [0.717, 1.165) is 64.5 Å². The molecule has 0 bridgehead atoms. The highest BCUT2D eigenvalue weighted by molar-refractivity contribution is 6.20. The highest BCUT2D eigenvalue weighted by Gasteiger charge is 2.35. The fourth-order valence-electron chi connectivity index (χ4n) is 5.97. The highest BCUT2D eigenvalue weighted by Crippen LogP contribution is 2.48. The lowest BCUT2D eigenvalue weighted by atomic mass is 9.82. The van der Waals surface area contributed by atoms with Crippen LogP contribution in [-0.4, -0.2) is 25.9 Å². The second-order valence-electron chi connectivity index (χ2n) is 9.78. The van der Waals surface area contributed by atoms with Crippen molar-refractivity contribution in [2.75, 3.05) is 0 Å². The van der Waals surface area contributed by atoms with Gasteiger partial charge in [-0.05, 0) is 61.4 Å². The summed E-state index contributed by atoms with van der Waals surface area (Å²) >= 11 is 0. The first-order valence-corrected chi connectivity index (χ1v) is 11.6. The summed E-state index contributed by atoms with van der Waals surface area (Å²) in [5.74, 6) is 0.786. The Hall–Kier alpha value is -3.21. The van der Waals surface area contributed by atoms with Crippen molar-refractivity contribution in [1.82, 2.24) is 14.3 Å². The maximum atomic E-state index is 13.2. The molecule has 2 aliphatic carbocycles. The Morgan fingerprint density at radius 3 is 2.62 bits per heavy atom. The Balaban J connectivity index is 1.84. The second-order valence-corrected chi connectivity index (χ2v) is 9.78. The third kappa shape index (κ3) is 2.48. The molecule has 6 rings (SSSR count). The van der Waals surface area contributed by atoms with Crippen LogP contribution in [-0.2, 0) is 32.9 Å². The number of ketones is 2. The zero-order valence-electron chi connectivity index (χ0n) is 19.1. The molecule has 2 aromatic heterocycles. The number of hydrogen-bond acceptors (Lipinski definition) is 3. The van der Waals surface area contributed by atoms with Crippen molar-refractivity contribution < 1.29 is 9.59 Å². The molecule has 2 heterocycles. The lowest BCUT2D eigenvalue weighted by molar-refractivity contribution is 0.0992. The van der Waals surface area contributed by atoms with Gasteiger partial charge in [-0.3, -0.25) is 14.3 Å². The number of rotatable bonds is 3. The summed E-state index contributed by atoms with van der Waals surface area (Å²) in [5, 5.41) is 6.83. The quantitative estimate of drug-likeness (QED) is 0.420. The van der Waals surface area contributed by atoms with Gasteiger partial charge in [0.1, 0.15) is 0 Å². The number of Topliss-reactive ketones (excluding diaryl/α,β-unsaturated/α-hetero) is 2. The van der Waals surface area contributed by atoms with E-state index >= 15 is 0 Å². The first-order valence-electron chi connectivity index (χ1n) is 11.6. The fraction of sp³-hybridized carbons (Fsp3) is 0.370. The van der Waals surface area contributed by atoms with E-state index in [2.05, 4.69) is 29.6 Å². The van der Waals surface area contributed by atoms with E-state index in [1.165, 1.54) is 22.2 Å². The van der Waals surface area contributed by atoms with E-state index in [-0.39, 0.29) is 11.6 Å². The van der Waals surface area contributed by atoms with Crippen LogP contribution in [0.2, 0.25) is 0 Å². The van der Waals surface area contributed by atoms with Crippen molar-refractivity contribution >= 4 is 33.4 Å². The van der Waals surface area contributed by atoms with Crippen LogP contribution >= 0.6 is 0 Å². The van der Waals surface area contributed by atoms with Crippen LogP contribution < -0.4 is 0 Å². The van der Waals surface area contributed by atoms with Gasteiger partial charge in [0.2, 0.25) is 0 Å². The number of aromatic nitrogens is 3. The van der Waals surface area contributed by atoms with Gasteiger partial charge in [0.25, 0.3) is 0 Å². The van der Waals surface area contributed by atoms with Gasteiger partial charge < -0.3 is 4.57 Å². The topological polar surface area (TPSA) is 56.9 Å². The van der Waals surface area contributed by atoms with Crippen molar-refractivity contribution in [1.29, 1.82) is 0 Å². The molecule has 4 aromatic rings. The molecule has 0 unspecified atom stereocenters. The SMILES string of the molecule is CC(=O)c1ccc2c(c1)c1c3c(c4c(c1n2CC(C)C)CCc1c-4cnn1C)C(=O)CC3. The summed E-state index contributed by atoms with van der Waals surface area (Å²) in [7, 11) is 1.99. The lowest BCUT2D eigenvalue weighted by Crippen LogP contribution is -2.13. The van der Waals surface area contributed by atoms with Gasteiger partial charge in [0, 0.05) is 64.3 Å². The van der Waals surface area contributed by atoms with Gasteiger partial charge in [0.15, 0.2) is 11.6 Å². The standard InChI is InChI=1S/C27H27N3O2/c1-14(2)13-30-22-8-5-16(15(3)31)11-19(22)25-17-7-10-23(32)26(17)24-18(27(25)30)6-9-21-20(24)12-28-29(21)4/h5,8,11-12,14H,6-7,9-10,13H2,1-4H3. The molecule has 2 aliphatic rings. The number of nitrogens with zero attached hydrogens (tertiary/aromatic N) is 3. The molecule has 5 heteroatoms. The van der Waals surface area contributed by atoms with Gasteiger partial charge in [0.05, 0.1) is 11.7 Å². The van der Waals surface area contributed by atoms with E-state index in [0.29, 0.717) is 12.3 Å². The summed E-state index contributed by atoms with van der Waals surface area (Å²) in [6, 6.07) is 6.09. The van der Waals surface area contributed by atoms with Gasteiger partial charge in [-0.2, -0.15) is 5.10 Å².